The Kier molecular flexibility index (Phi) is 10.5. The highest BCUT2D eigenvalue weighted by molar-refractivity contribution is 6.63. The van der Waals surface area contributed by atoms with Crippen molar-refractivity contribution in [2.45, 2.75) is 31.8 Å². The highest BCUT2D eigenvalue weighted by Crippen LogP contribution is 2.05. The minimum atomic E-state index is -0.836. The molecule has 8 heteroatoms. The summed E-state index contributed by atoms with van der Waals surface area (Å²) in [4.78, 5) is 41.9. The zero-order chi connectivity index (χ0) is 14.5. The Morgan fingerprint density at radius 2 is 1.53 bits per heavy atom. The lowest BCUT2D eigenvalue weighted by atomic mass is 10.2. The van der Waals surface area contributed by atoms with E-state index >= 15 is 0 Å². The van der Waals surface area contributed by atoms with Crippen LogP contribution in [0.25, 0.3) is 0 Å². The van der Waals surface area contributed by atoms with Gasteiger partial charge in [-0.2, -0.15) is 0 Å². The Morgan fingerprint density at radius 1 is 1.00 bits per heavy atom. The molecule has 0 radical (unpaired) electrons. The summed E-state index contributed by atoms with van der Waals surface area (Å²) < 4.78 is 13.8. The summed E-state index contributed by atoms with van der Waals surface area (Å²) in [7, 11) is 0. The van der Waals surface area contributed by atoms with Crippen LogP contribution < -0.4 is 0 Å². The SMILES string of the molecule is O=COCC(COC=O)OC(=O)CCCCC(=O)Cl. The number of carbonyl (C=O) groups excluding carboxylic acids is 4. The van der Waals surface area contributed by atoms with Crippen LogP contribution in [-0.2, 0) is 33.4 Å². The summed E-state index contributed by atoms with van der Waals surface area (Å²) in [6.45, 7) is 0.0220. The molecule has 0 aromatic carbocycles. The van der Waals surface area contributed by atoms with E-state index in [0.717, 1.165) is 0 Å². The molecule has 7 nitrogen and oxygen atoms in total. The van der Waals surface area contributed by atoms with Crippen molar-refractivity contribution in [1.82, 2.24) is 0 Å². The van der Waals surface area contributed by atoms with E-state index in [1.165, 1.54) is 0 Å². The minimum absolute atomic E-state index is 0.100. The third-order valence-electron chi connectivity index (χ3n) is 2.00. The van der Waals surface area contributed by atoms with Gasteiger partial charge in [-0.25, -0.2) is 0 Å². The second kappa shape index (κ2) is 11.5. The van der Waals surface area contributed by atoms with E-state index < -0.39 is 17.3 Å². The molecule has 0 aliphatic rings. The van der Waals surface area contributed by atoms with Gasteiger partial charge in [-0.05, 0) is 24.4 Å². The largest absolute Gasteiger partial charge is 0.464 e. The van der Waals surface area contributed by atoms with E-state index in [-0.39, 0.29) is 39.0 Å². The number of carbonyl (C=O) groups is 4. The normalized spacial score (nSPS) is 9.79. The third kappa shape index (κ3) is 11.2. The van der Waals surface area contributed by atoms with Crippen LogP contribution in [0.2, 0.25) is 0 Å². The molecule has 0 amide bonds. The van der Waals surface area contributed by atoms with E-state index in [1.54, 1.807) is 0 Å². The van der Waals surface area contributed by atoms with Crippen molar-refractivity contribution < 1.29 is 33.4 Å². The van der Waals surface area contributed by atoms with E-state index in [0.29, 0.717) is 12.8 Å². The molecule has 0 aromatic heterocycles. The molecule has 19 heavy (non-hydrogen) atoms. The van der Waals surface area contributed by atoms with Gasteiger partial charge in [0.1, 0.15) is 13.2 Å². The van der Waals surface area contributed by atoms with Gasteiger partial charge in [-0.1, -0.05) is 0 Å². The molecule has 0 unspecified atom stereocenters. The second-order valence-electron chi connectivity index (χ2n) is 3.53. The standard InChI is InChI=1S/C11H15ClO7/c12-10(15)3-1-2-4-11(16)19-9(5-17-7-13)6-18-8-14/h7-9H,1-6H2. The van der Waals surface area contributed by atoms with Crippen molar-refractivity contribution in [3.63, 3.8) is 0 Å². The number of ether oxygens (including phenoxy) is 3. The highest BCUT2D eigenvalue weighted by Gasteiger charge is 2.15. The Labute approximate surface area is 115 Å². The van der Waals surface area contributed by atoms with Gasteiger partial charge in [0.2, 0.25) is 5.24 Å². The first-order valence-electron chi connectivity index (χ1n) is 5.58. The molecule has 0 rings (SSSR count). The molecule has 0 aromatic rings. The maximum absolute atomic E-state index is 11.4. The zero-order valence-corrected chi connectivity index (χ0v) is 11.0. The number of halogens is 1. The van der Waals surface area contributed by atoms with Gasteiger partial charge in [-0.3, -0.25) is 19.2 Å². The van der Waals surface area contributed by atoms with Crippen molar-refractivity contribution >= 4 is 35.8 Å². The first-order valence-corrected chi connectivity index (χ1v) is 5.96. The fourth-order valence-corrected chi connectivity index (χ4v) is 1.32. The maximum atomic E-state index is 11.4. The average molecular weight is 295 g/mol. The summed E-state index contributed by atoms with van der Waals surface area (Å²) in [5.41, 5.74) is 0. The van der Waals surface area contributed by atoms with Crippen molar-refractivity contribution in [2.24, 2.45) is 0 Å². The molecule has 0 fully saturated rings. The summed E-state index contributed by atoms with van der Waals surface area (Å²) in [6, 6.07) is 0. The number of rotatable bonds is 12. The van der Waals surface area contributed by atoms with Crippen LogP contribution in [0.4, 0.5) is 0 Å². The van der Waals surface area contributed by atoms with E-state index in [2.05, 4.69) is 9.47 Å². The van der Waals surface area contributed by atoms with Crippen molar-refractivity contribution in [3.05, 3.63) is 0 Å². The van der Waals surface area contributed by atoms with E-state index in [1.807, 2.05) is 0 Å². The smallest absolute Gasteiger partial charge is 0.306 e. The lowest BCUT2D eigenvalue weighted by molar-refractivity contribution is -0.160. The Balaban J connectivity index is 3.89. The first kappa shape index (κ1) is 17.4. The van der Waals surface area contributed by atoms with Gasteiger partial charge in [0.25, 0.3) is 12.9 Å². The van der Waals surface area contributed by atoms with E-state index in [4.69, 9.17) is 16.3 Å². The topological polar surface area (TPSA) is 96.0 Å². The van der Waals surface area contributed by atoms with Gasteiger partial charge in [0, 0.05) is 12.8 Å². The van der Waals surface area contributed by atoms with Gasteiger partial charge in [-0.15, -0.1) is 0 Å². The zero-order valence-electron chi connectivity index (χ0n) is 10.2. The Hall–Kier alpha value is -1.63. The van der Waals surface area contributed by atoms with Gasteiger partial charge >= 0.3 is 5.97 Å². The number of esters is 1. The number of hydrogen-bond donors (Lipinski definition) is 0. The molecule has 0 saturated carbocycles. The molecule has 0 spiro atoms. The lowest BCUT2D eigenvalue weighted by Gasteiger charge is -2.15. The molecule has 0 aliphatic carbocycles. The van der Waals surface area contributed by atoms with E-state index in [9.17, 15) is 19.2 Å². The van der Waals surface area contributed by atoms with Crippen LogP contribution in [0.5, 0.6) is 0 Å². The molecule has 0 bridgehead atoms. The number of hydrogen-bond acceptors (Lipinski definition) is 7. The quantitative estimate of drug-likeness (QED) is 0.171. The van der Waals surface area contributed by atoms with Crippen molar-refractivity contribution in [3.8, 4) is 0 Å². The van der Waals surface area contributed by atoms with Crippen LogP contribution in [0.15, 0.2) is 0 Å². The Bertz CT molecular complexity index is 293. The van der Waals surface area contributed by atoms with Crippen LogP contribution >= 0.6 is 11.6 Å². The lowest BCUT2D eigenvalue weighted by Crippen LogP contribution is -2.28. The average Bonchev–Trinajstić information content (AvgIpc) is 2.37. The molecule has 108 valence electrons. The van der Waals surface area contributed by atoms with Crippen molar-refractivity contribution in [2.75, 3.05) is 13.2 Å². The second-order valence-corrected chi connectivity index (χ2v) is 3.95. The summed E-state index contributed by atoms with van der Waals surface area (Å²) in [5.74, 6) is -0.531. The fourth-order valence-electron chi connectivity index (χ4n) is 1.19. The maximum Gasteiger partial charge on any atom is 0.306 e. The molecule has 0 N–H and O–H groups in total. The number of unbranched alkanes of at least 4 members (excludes halogenated alkanes) is 1. The molecule has 0 aliphatic heterocycles. The highest BCUT2D eigenvalue weighted by atomic mass is 35.5. The van der Waals surface area contributed by atoms with Gasteiger partial charge < -0.3 is 14.2 Å². The summed E-state index contributed by atoms with van der Waals surface area (Å²) >= 11 is 5.14. The molecule has 0 saturated heterocycles. The van der Waals surface area contributed by atoms with Gasteiger partial charge in [0.15, 0.2) is 6.10 Å². The molecular weight excluding hydrogens is 280 g/mol. The predicted octanol–water partition coefficient (Wildman–Crippen LogP) is 0.570. The molecular formula is C11H15ClO7. The minimum Gasteiger partial charge on any atom is -0.464 e. The van der Waals surface area contributed by atoms with Crippen molar-refractivity contribution in [1.29, 1.82) is 0 Å². The Morgan fingerprint density at radius 3 is 2.00 bits per heavy atom. The van der Waals surface area contributed by atoms with Crippen LogP contribution in [0, 0.1) is 0 Å². The first-order chi connectivity index (χ1) is 9.10. The summed E-state index contributed by atoms with van der Waals surface area (Å²) in [6.07, 6.45) is 0.395. The molecule has 0 atom stereocenters. The van der Waals surface area contributed by atoms with Gasteiger partial charge in [0.05, 0.1) is 0 Å². The summed E-state index contributed by atoms with van der Waals surface area (Å²) in [5, 5.41) is -0.454. The monoisotopic (exact) mass is 294 g/mol. The van der Waals surface area contributed by atoms with Crippen LogP contribution in [0.1, 0.15) is 25.7 Å². The van der Waals surface area contributed by atoms with Crippen LogP contribution in [0.3, 0.4) is 0 Å². The molecule has 0 heterocycles. The third-order valence-corrected chi connectivity index (χ3v) is 2.19. The predicted molar refractivity (Wildman–Crippen MR) is 63.2 cm³/mol. The fraction of sp³-hybridized carbons (Fsp3) is 0.636. The van der Waals surface area contributed by atoms with Crippen LogP contribution in [-0.4, -0.2) is 43.5 Å².